The molecule has 1 aromatic heterocycles. The fourth-order valence-corrected chi connectivity index (χ4v) is 3.49. The van der Waals surface area contributed by atoms with Crippen LogP contribution in [0.1, 0.15) is 54.2 Å². The number of alkyl halides is 2. The molecule has 0 atom stereocenters. The monoisotopic (exact) mass is 332 g/mol. The highest BCUT2D eigenvalue weighted by Gasteiger charge is 2.42. The Morgan fingerprint density at radius 1 is 1.41 bits per heavy atom. The SMILES string of the molecule is CC(C)Cc1ncc(C(=O)NCC2(O)CCC(F)(F)CC2)s1. The molecule has 22 heavy (non-hydrogen) atoms. The van der Waals surface area contributed by atoms with E-state index in [9.17, 15) is 18.7 Å². The fraction of sp³-hybridized carbons (Fsp3) is 0.733. The summed E-state index contributed by atoms with van der Waals surface area (Å²) in [5.41, 5.74) is -1.23. The molecular formula is C15H22F2N2O2S. The van der Waals surface area contributed by atoms with Gasteiger partial charge in [-0.25, -0.2) is 13.8 Å². The lowest BCUT2D eigenvalue weighted by Crippen LogP contribution is -2.47. The molecule has 0 bridgehead atoms. The molecule has 1 amide bonds. The summed E-state index contributed by atoms with van der Waals surface area (Å²) in [4.78, 5) is 16.7. The minimum atomic E-state index is -2.69. The Balaban J connectivity index is 1.86. The number of nitrogens with zero attached hydrogens (tertiary/aromatic N) is 1. The average Bonchev–Trinajstić information content (AvgIpc) is 2.88. The maximum Gasteiger partial charge on any atom is 0.263 e. The van der Waals surface area contributed by atoms with Crippen LogP contribution in [0.4, 0.5) is 8.78 Å². The lowest BCUT2D eigenvalue weighted by molar-refractivity contribution is -0.101. The van der Waals surface area contributed by atoms with Crippen LogP contribution in [0.3, 0.4) is 0 Å². The van der Waals surface area contributed by atoms with Gasteiger partial charge in [-0.15, -0.1) is 11.3 Å². The minimum absolute atomic E-state index is 0.000667. The van der Waals surface area contributed by atoms with Gasteiger partial charge in [0.25, 0.3) is 5.91 Å². The first-order valence-corrected chi connectivity index (χ1v) is 8.34. The van der Waals surface area contributed by atoms with Gasteiger partial charge >= 0.3 is 0 Å². The maximum absolute atomic E-state index is 13.1. The first-order valence-electron chi connectivity index (χ1n) is 7.52. The third-order valence-corrected chi connectivity index (χ3v) is 4.87. The molecule has 4 nitrogen and oxygen atoms in total. The molecule has 2 rings (SSSR count). The van der Waals surface area contributed by atoms with Crippen molar-refractivity contribution in [3.63, 3.8) is 0 Å². The van der Waals surface area contributed by atoms with Crippen LogP contribution in [0.15, 0.2) is 6.20 Å². The van der Waals surface area contributed by atoms with E-state index in [-0.39, 0.29) is 38.1 Å². The van der Waals surface area contributed by atoms with E-state index in [0.29, 0.717) is 10.8 Å². The van der Waals surface area contributed by atoms with Crippen molar-refractivity contribution in [3.05, 3.63) is 16.1 Å². The Kier molecular flexibility index (Phi) is 5.17. The number of carbonyl (C=O) groups is 1. The molecule has 0 aliphatic heterocycles. The summed E-state index contributed by atoms with van der Waals surface area (Å²) in [6, 6.07) is 0. The van der Waals surface area contributed by atoms with Gasteiger partial charge in [0.1, 0.15) is 4.88 Å². The van der Waals surface area contributed by atoms with Gasteiger partial charge in [0, 0.05) is 25.8 Å². The summed E-state index contributed by atoms with van der Waals surface area (Å²) in [7, 11) is 0. The Morgan fingerprint density at radius 2 is 2.05 bits per heavy atom. The Labute approximate surface area is 133 Å². The third kappa shape index (κ3) is 4.71. The molecule has 0 radical (unpaired) electrons. The lowest BCUT2D eigenvalue weighted by atomic mass is 9.83. The van der Waals surface area contributed by atoms with Crippen molar-refractivity contribution in [2.24, 2.45) is 5.92 Å². The number of thiazole rings is 1. The number of amides is 1. The van der Waals surface area contributed by atoms with Gasteiger partial charge in [-0.05, 0) is 18.8 Å². The van der Waals surface area contributed by atoms with Crippen LogP contribution in [0, 0.1) is 5.92 Å². The van der Waals surface area contributed by atoms with Crippen molar-refractivity contribution >= 4 is 17.2 Å². The fourth-order valence-electron chi connectivity index (χ4n) is 2.45. The molecule has 1 saturated carbocycles. The molecule has 1 heterocycles. The van der Waals surface area contributed by atoms with Crippen LogP contribution in [-0.2, 0) is 6.42 Å². The molecule has 0 aromatic carbocycles. The number of hydrogen-bond donors (Lipinski definition) is 2. The molecule has 1 aliphatic rings. The molecule has 1 fully saturated rings. The van der Waals surface area contributed by atoms with E-state index in [1.165, 1.54) is 17.5 Å². The third-order valence-electron chi connectivity index (χ3n) is 3.85. The van der Waals surface area contributed by atoms with Crippen LogP contribution in [0.2, 0.25) is 0 Å². The second kappa shape index (κ2) is 6.58. The predicted octanol–water partition coefficient (Wildman–Crippen LogP) is 3.01. The van der Waals surface area contributed by atoms with Crippen molar-refractivity contribution in [1.82, 2.24) is 10.3 Å². The predicted molar refractivity (Wildman–Crippen MR) is 81.4 cm³/mol. The summed E-state index contributed by atoms with van der Waals surface area (Å²) in [6.07, 6.45) is 1.67. The van der Waals surface area contributed by atoms with E-state index in [1.54, 1.807) is 0 Å². The van der Waals surface area contributed by atoms with Gasteiger partial charge in [-0.2, -0.15) is 0 Å². The largest absolute Gasteiger partial charge is 0.388 e. The standard InChI is InChI=1S/C15H22F2N2O2S/c1-10(2)7-12-18-8-11(22-12)13(20)19-9-14(21)3-5-15(16,17)6-4-14/h8,10,21H,3-7,9H2,1-2H3,(H,19,20). The molecule has 0 unspecified atom stereocenters. The number of carbonyl (C=O) groups excluding carboxylic acids is 1. The minimum Gasteiger partial charge on any atom is -0.388 e. The van der Waals surface area contributed by atoms with Gasteiger partial charge in [-0.3, -0.25) is 4.79 Å². The van der Waals surface area contributed by atoms with Crippen molar-refractivity contribution < 1.29 is 18.7 Å². The average molecular weight is 332 g/mol. The van der Waals surface area contributed by atoms with Gasteiger partial charge in [0.15, 0.2) is 0 Å². The number of hydrogen-bond acceptors (Lipinski definition) is 4. The van der Waals surface area contributed by atoms with Gasteiger partial charge < -0.3 is 10.4 Å². The Bertz CT molecular complexity index is 521. The molecule has 2 N–H and O–H groups in total. The van der Waals surface area contributed by atoms with E-state index < -0.39 is 11.5 Å². The molecule has 124 valence electrons. The van der Waals surface area contributed by atoms with Crippen LogP contribution in [-0.4, -0.2) is 34.1 Å². The van der Waals surface area contributed by atoms with E-state index in [2.05, 4.69) is 24.1 Å². The summed E-state index contributed by atoms with van der Waals surface area (Å²) < 4.78 is 26.2. The van der Waals surface area contributed by atoms with Crippen LogP contribution in [0.5, 0.6) is 0 Å². The molecular weight excluding hydrogens is 310 g/mol. The normalized spacial score (nSPS) is 20.1. The number of nitrogens with one attached hydrogen (secondary N) is 1. The number of rotatable bonds is 5. The quantitative estimate of drug-likeness (QED) is 0.871. The zero-order valence-corrected chi connectivity index (χ0v) is 13.7. The smallest absolute Gasteiger partial charge is 0.263 e. The van der Waals surface area contributed by atoms with Crippen molar-refractivity contribution in [2.45, 2.75) is 57.5 Å². The van der Waals surface area contributed by atoms with Crippen molar-refractivity contribution in [2.75, 3.05) is 6.54 Å². The number of aliphatic hydroxyl groups is 1. The summed E-state index contributed by atoms with van der Waals surface area (Å²) >= 11 is 1.33. The van der Waals surface area contributed by atoms with E-state index in [0.717, 1.165) is 11.4 Å². The van der Waals surface area contributed by atoms with Gasteiger partial charge in [0.05, 0.1) is 16.8 Å². The summed E-state index contributed by atoms with van der Waals surface area (Å²) in [6.45, 7) is 4.16. The molecule has 0 spiro atoms. The van der Waals surface area contributed by atoms with E-state index in [4.69, 9.17) is 0 Å². The molecule has 7 heteroatoms. The first-order chi connectivity index (χ1) is 10.2. The first kappa shape index (κ1) is 17.3. The summed E-state index contributed by atoms with van der Waals surface area (Å²) in [5.74, 6) is -2.54. The van der Waals surface area contributed by atoms with Gasteiger partial charge in [0.2, 0.25) is 5.92 Å². The maximum atomic E-state index is 13.1. The topological polar surface area (TPSA) is 62.2 Å². The molecule has 1 aromatic rings. The van der Waals surface area contributed by atoms with Crippen molar-refractivity contribution in [3.8, 4) is 0 Å². The van der Waals surface area contributed by atoms with Crippen molar-refractivity contribution in [1.29, 1.82) is 0 Å². The highest BCUT2D eigenvalue weighted by molar-refractivity contribution is 7.13. The van der Waals surface area contributed by atoms with Crippen LogP contribution >= 0.6 is 11.3 Å². The second-order valence-corrected chi connectivity index (χ2v) is 7.59. The van der Waals surface area contributed by atoms with E-state index >= 15 is 0 Å². The zero-order chi connectivity index (χ0) is 16.4. The second-order valence-electron chi connectivity index (χ2n) is 6.48. The zero-order valence-electron chi connectivity index (χ0n) is 12.9. The summed E-state index contributed by atoms with van der Waals surface area (Å²) in [5, 5.41) is 13.8. The number of aromatic nitrogens is 1. The van der Waals surface area contributed by atoms with E-state index in [1.807, 2.05) is 0 Å². The Hall–Kier alpha value is -1.08. The van der Waals surface area contributed by atoms with Crippen LogP contribution in [0.25, 0.3) is 0 Å². The Morgan fingerprint density at radius 3 is 2.64 bits per heavy atom. The molecule has 0 saturated heterocycles. The highest BCUT2D eigenvalue weighted by atomic mass is 32.1. The van der Waals surface area contributed by atoms with Gasteiger partial charge in [-0.1, -0.05) is 13.8 Å². The lowest BCUT2D eigenvalue weighted by Gasteiger charge is -2.35. The highest BCUT2D eigenvalue weighted by Crippen LogP contribution is 2.38. The molecule has 1 aliphatic carbocycles. The number of halogens is 2. The van der Waals surface area contributed by atoms with Crippen LogP contribution < -0.4 is 5.32 Å².